The third kappa shape index (κ3) is 5.08. The van der Waals surface area contributed by atoms with E-state index in [1.54, 1.807) is 6.92 Å². The number of hydrogen-bond donors (Lipinski definition) is 1. The van der Waals surface area contributed by atoms with Gasteiger partial charge in [-0.05, 0) is 61.9 Å². The van der Waals surface area contributed by atoms with Crippen molar-refractivity contribution in [2.24, 2.45) is 5.92 Å². The van der Waals surface area contributed by atoms with Crippen LogP contribution in [0.4, 0.5) is 10.5 Å². The molecule has 0 radical (unpaired) electrons. The molecule has 1 aliphatic heterocycles. The van der Waals surface area contributed by atoms with Crippen LogP contribution >= 0.6 is 0 Å². The van der Waals surface area contributed by atoms with Gasteiger partial charge in [0.05, 0.1) is 12.4 Å². The smallest absolute Gasteiger partial charge is 0.322 e. The van der Waals surface area contributed by atoms with Gasteiger partial charge in [0.1, 0.15) is 17.2 Å². The van der Waals surface area contributed by atoms with Crippen molar-refractivity contribution >= 4 is 17.8 Å². The van der Waals surface area contributed by atoms with Crippen molar-refractivity contribution in [2.75, 3.05) is 18.4 Å². The second kappa shape index (κ2) is 9.10. The summed E-state index contributed by atoms with van der Waals surface area (Å²) >= 11 is 0. The molecule has 1 aromatic carbocycles. The monoisotopic (exact) mass is 444 g/mol. The fraction of sp³-hybridized carbons (Fsp3) is 0.346. The number of anilines is 1. The maximum atomic E-state index is 12.6. The Bertz CT molecular complexity index is 1160. The minimum absolute atomic E-state index is 0.121. The lowest BCUT2D eigenvalue weighted by Gasteiger charge is -2.33. The van der Waals surface area contributed by atoms with Gasteiger partial charge in [0.2, 0.25) is 0 Å². The molecule has 2 fully saturated rings. The van der Waals surface area contributed by atoms with E-state index in [1.807, 2.05) is 35.4 Å². The van der Waals surface area contributed by atoms with Crippen LogP contribution in [0.2, 0.25) is 0 Å². The first-order chi connectivity index (χ1) is 16.0. The first kappa shape index (κ1) is 21.2. The highest BCUT2D eigenvalue weighted by molar-refractivity contribution is 5.89. The Kier molecular flexibility index (Phi) is 5.86. The number of urea groups is 1. The SMILES string of the molecule is Cc1oncc1NC(=O)N1CC/C(=C\c2cccc(Oc3ccc(C4CC4)nc3)c2)C(C)C1. The summed E-state index contributed by atoms with van der Waals surface area (Å²) in [6.45, 7) is 5.27. The minimum atomic E-state index is -0.121. The number of aryl methyl sites for hydroxylation is 1. The maximum absolute atomic E-state index is 12.6. The normalized spacial score (nSPS) is 19.5. The van der Waals surface area contributed by atoms with Crippen molar-refractivity contribution in [2.45, 2.75) is 39.0 Å². The highest BCUT2D eigenvalue weighted by atomic mass is 16.5. The van der Waals surface area contributed by atoms with Gasteiger partial charge in [0.25, 0.3) is 0 Å². The predicted octanol–water partition coefficient (Wildman–Crippen LogP) is 6.01. The van der Waals surface area contributed by atoms with E-state index in [2.05, 4.69) is 40.6 Å². The van der Waals surface area contributed by atoms with Crippen LogP contribution in [0, 0.1) is 12.8 Å². The number of likely N-dealkylation sites (tertiary alicyclic amines) is 1. The number of ether oxygens (including phenoxy) is 1. The number of carbonyl (C=O) groups is 1. The number of rotatable bonds is 5. The van der Waals surface area contributed by atoms with Crippen molar-refractivity contribution in [3.05, 3.63) is 71.4 Å². The van der Waals surface area contributed by atoms with Gasteiger partial charge in [-0.25, -0.2) is 4.79 Å². The van der Waals surface area contributed by atoms with E-state index in [-0.39, 0.29) is 11.9 Å². The molecule has 2 aromatic heterocycles. The summed E-state index contributed by atoms with van der Waals surface area (Å²) in [7, 11) is 0. The van der Waals surface area contributed by atoms with Crippen LogP contribution in [0.25, 0.3) is 6.08 Å². The summed E-state index contributed by atoms with van der Waals surface area (Å²) in [4.78, 5) is 19.0. The van der Waals surface area contributed by atoms with Crippen molar-refractivity contribution in [1.29, 1.82) is 0 Å². The molecule has 7 nitrogen and oxygen atoms in total. The Morgan fingerprint density at radius 2 is 2.09 bits per heavy atom. The first-order valence-corrected chi connectivity index (χ1v) is 11.5. The van der Waals surface area contributed by atoms with E-state index in [0.717, 1.165) is 29.2 Å². The molecule has 3 heterocycles. The Morgan fingerprint density at radius 3 is 2.79 bits per heavy atom. The number of benzene rings is 1. The average Bonchev–Trinajstić information content (AvgIpc) is 3.59. The second-order valence-corrected chi connectivity index (χ2v) is 8.91. The molecule has 1 saturated carbocycles. The van der Waals surface area contributed by atoms with Crippen LogP contribution in [0.1, 0.15) is 49.1 Å². The fourth-order valence-electron chi connectivity index (χ4n) is 4.15. The van der Waals surface area contributed by atoms with Crippen LogP contribution in [-0.4, -0.2) is 34.2 Å². The topological polar surface area (TPSA) is 80.5 Å². The van der Waals surface area contributed by atoms with E-state index >= 15 is 0 Å². The summed E-state index contributed by atoms with van der Waals surface area (Å²) in [6.07, 6.45) is 8.86. The third-order valence-electron chi connectivity index (χ3n) is 6.28. The van der Waals surface area contributed by atoms with Gasteiger partial charge < -0.3 is 19.5 Å². The molecule has 7 heteroatoms. The molecule has 170 valence electrons. The highest BCUT2D eigenvalue weighted by Crippen LogP contribution is 2.39. The van der Waals surface area contributed by atoms with Gasteiger partial charge in [-0.3, -0.25) is 4.98 Å². The van der Waals surface area contributed by atoms with E-state index in [9.17, 15) is 4.79 Å². The number of pyridine rings is 1. The maximum Gasteiger partial charge on any atom is 0.322 e. The molecular formula is C26H28N4O3. The van der Waals surface area contributed by atoms with Gasteiger partial charge in [-0.1, -0.05) is 35.9 Å². The summed E-state index contributed by atoms with van der Waals surface area (Å²) < 4.78 is 11.0. The third-order valence-corrected chi connectivity index (χ3v) is 6.28. The number of aromatic nitrogens is 2. The van der Waals surface area contributed by atoms with Gasteiger partial charge in [0, 0.05) is 24.7 Å². The lowest BCUT2D eigenvalue weighted by molar-refractivity contribution is 0.197. The quantitative estimate of drug-likeness (QED) is 0.522. The number of carbonyl (C=O) groups excluding carboxylic acids is 1. The second-order valence-electron chi connectivity index (χ2n) is 8.91. The molecule has 2 aliphatic rings. The number of hydrogen-bond acceptors (Lipinski definition) is 5. The van der Waals surface area contributed by atoms with E-state index in [1.165, 1.54) is 24.6 Å². The molecule has 0 bridgehead atoms. The van der Waals surface area contributed by atoms with Crippen LogP contribution in [-0.2, 0) is 0 Å². The summed E-state index contributed by atoms with van der Waals surface area (Å²) in [5.74, 6) is 3.04. The lowest BCUT2D eigenvalue weighted by atomic mass is 9.91. The van der Waals surface area contributed by atoms with Gasteiger partial charge in [-0.15, -0.1) is 0 Å². The number of amides is 2. The van der Waals surface area contributed by atoms with Crippen LogP contribution < -0.4 is 10.1 Å². The summed E-state index contributed by atoms with van der Waals surface area (Å²) in [5, 5.41) is 6.59. The Balaban J connectivity index is 1.21. The van der Waals surface area contributed by atoms with Gasteiger partial charge >= 0.3 is 6.03 Å². The van der Waals surface area contributed by atoms with Crippen molar-refractivity contribution in [1.82, 2.24) is 15.0 Å². The molecule has 1 saturated heterocycles. The van der Waals surface area contributed by atoms with E-state index < -0.39 is 0 Å². The first-order valence-electron chi connectivity index (χ1n) is 11.5. The van der Waals surface area contributed by atoms with Crippen molar-refractivity contribution in [3.63, 3.8) is 0 Å². The van der Waals surface area contributed by atoms with E-state index in [4.69, 9.17) is 9.26 Å². The zero-order chi connectivity index (χ0) is 22.8. The largest absolute Gasteiger partial charge is 0.456 e. The van der Waals surface area contributed by atoms with Crippen LogP contribution in [0.15, 0.2) is 58.9 Å². The molecular weight excluding hydrogens is 416 g/mol. The molecule has 5 rings (SSSR count). The zero-order valence-corrected chi connectivity index (χ0v) is 19.0. The predicted molar refractivity (Wildman–Crippen MR) is 126 cm³/mol. The molecule has 3 aromatic rings. The van der Waals surface area contributed by atoms with Crippen molar-refractivity contribution < 1.29 is 14.1 Å². The van der Waals surface area contributed by atoms with Crippen molar-refractivity contribution in [3.8, 4) is 11.5 Å². The van der Waals surface area contributed by atoms with Crippen LogP contribution in [0.5, 0.6) is 11.5 Å². The van der Waals surface area contributed by atoms with Gasteiger partial charge in [0.15, 0.2) is 5.76 Å². The average molecular weight is 445 g/mol. The molecule has 0 spiro atoms. The molecule has 33 heavy (non-hydrogen) atoms. The molecule has 1 N–H and O–H groups in total. The molecule has 1 aliphatic carbocycles. The number of piperidine rings is 1. The van der Waals surface area contributed by atoms with Crippen LogP contribution in [0.3, 0.4) is 0 Å². The molecule has 2 amide bonds. The standard InChI is InChI=1S/C26H28N4O3/c1-17-16-30(26(31)29-25-15-28-33-18(25)2)11-10-21(17)12-19-4-3-5-22(13-19)32-23-8-9-24(27-14-23)20-6-7-20/h3-5,8-9,12-15,17,20H,6-7,10-11,16H2,1-2H3,(H,29,31)/b21-12+. The van der Waals surface area contributed by atoms with E-state index in [0.29, 0.717) is 30.5 Å². The Morgan fingerprint density at radius 1 is 1.21 bits per heavy atom. The minimum Gasteiger partial charge on any atom is -0.456 e. The molecule has 1 atom stereocenters. The fourth-order valence-corrected chi connectivity index (χ4v) is 4.15. The number of nitrogens with zero attached hydrogens (tertiary/aromatic N) is 3. The molecule has 1 unspecified atom stereocenters. The summed E-state index contributed by atoms with van der Waals surface area (Å²) in [6, 6.07) is 12.0. The Labute approximate surface area is 193 Å². The zero-order valence-electron chi connectivity index (χ0n) is 19.0. The summed E-state index contributed by atoms with van der Waals surface area (Å²) in [5.41, 5.74) is 4.19. The lowest BCUT2D eigenvalue weighted by Crippen LogP contribution is -2.42. The Hall–Kier alpha value is -3.61. The number of nitrogens with one attached hydrogen (secondary N) is 1. The van der Waals surface area contributed by atoms with Gasteiger partial charge in [-0.2, -0.15) is 0 Å². The highest BCUT2D eigenvalue weighted by Gasteiger charge is 2.26.